The highest BCUT2D eigenvalue weighted by Gasteiger charge is 2.20. The minimum Gasteiger partial charge on any atom is -0.339 e. The van der Waals surface area contributed by atoms with Crippen LogP contribution in [0.4, 0.5) is 10.5 Å². The number of rotatable bonds is 4. The molecule has 3 amide bonds. The molecule has 1 aliphatic rings. The van der Waals surface area contributed by atoms with Crippen LogP contribution in [0.25, 0.3) is 0 Å². The van der Waals surface area contributed by atoms with E-state index in [9.17, 15) is 9.59 Å². The molecular weight excluding hydrogens is 326 g/mol. The second-order valence-corrected chi connectivity index (χ2v) is 6.43. The van der Waals surface area contributed by atoms with Gasteiger partial charge in [-0.25, -0.2) is 4.79 Å². The molecule has 0 spiro atoms. The average molecular weight is 351 g/mol. The van der Waals surface area contributed by atoms with Crippen molar-refractivity contribution in [1.82, 2.24) is 9.80 Å². The molecule has 1 aliphatic heterocycles. The van der Waals surface area contributed by atoms with Gasteiger partial charge in [-0.1, -0.05) is 24.3 Å². The lowest BCUT2D eigenvalue weighted by atomic mass is 10.0. The number of urea groups is 1. The Morgan fingerprint density at radius 3 is 2.31 bits per heavy atom. The van der Waals surface area contributed by atoms with Crippen molar-refractivity contribution in [3.8, 4) is 0 Å². The maximum Gasteiger partial charge on any atom is 0.322 e. The first-order chi connectivity index (χ1) is 12.6. The van der Waals surface area contributed by atoms with Gasteiger partial charge in [0.2, 0.25) is 0 Å². The maximum atomic E-state index is 12.5. The molecule has 0 saturated heterocycles. The molecule has 0 radical (unpaired) electrons. The minimum atomic E-state index is -0.109. The van der Waals surface area contributed by atoms with Gasteiger partial charge in [-0.05, 0) is 55.7 Å². The van der Waals surface area contributed by atoms with Crippen LogP contribution in [-0.2, 0) is 13.0 Å². The number of benzene rings is 2. The lowest BCUT2D eigenvalue weighted by molar-refractivity contribution is 0.0773. The van der Waals surface area contributed by atoms with Gasteiger partial charge in [-0.2, -0.15) is 0 Å². The van der Waals surface area contributed by atoms with Crippen molar-refractivity contribution in [2.24, 2.45) is 0 Å². The summed E-state index contributed by atoms with van der Waals surface area (Å²) in [7, 11) is 0. The average Bonchev–Trinajstić information content (AvgIpc) is 2.69. The normalized spacial score (nSPS) is 13.1. The van der Waals surface area contributed by atoms with Crippen molar-refractivity contribution in [1.29, 1.82) is 0 Å². The molecule has 5 nitrogen and oxygen atoms in total. The van der Waals surface area contributed by atoms with Crippen molar-refractivity contribution in [3.63, 3.8) is 0 Å². The predicted octanol–water partition coefficient (Wildman–Crippen LogP) is 3.76. The van der Waals surface area contributed by atoms with Crippen molar-refractivity contribution in [2.75, 3.05) is 25.0 Å². The number of carbonyl (C=O) groups excluding carboxylic acids is 2. The molecule has 2 aromatic carbocycles. The maximum absolute atomic E-state index is 12.5. The van der Waals surface area contributed by atoms with Gasteiger partial charge in [0.15, 0.2) is 0 Å². The van der Waals surface area contributed by atoms with Crippen LogP contribution in [0.1, 0.15) is 35.3 Å². The topological polar surface area (TPSA) is 52.7 Å². The van der Waals surface area contributed by atoms with E-state index in [-0.39, 0.29) is 11.9 Å². The molecule has 0 fully saturated rings. The smallest absolute Gasteiger partial charge is 0.322 e. The minimum absolute atomic E-state index is 0.0144. The summed E-state index contributed by atoms with van der Waals surface area (Å²) in [6, 6.07) is 15.2. The Kier molecular flexibility index (Phi) is 5.56. The van der Waals surface area contributed by atoms with Crippen LogP contribution in [0.3, 0.4) is 0 Å². The molecule has 1 heterocycles. The summed E-state index contributed by atoms with van der Waals surface area (Å²) in [5.74, 6) is 0.0144. The van der Waals surface area contributed by atoms with Gasteiger partial charge in [0.25, 0.3) is 5.91 Å². The molecule has 0 bridgehead atoms. The zero-order valence-corrected chi connectivity index (χ0v) is 15.4. The zero-order chi connectivity index (χ0) is 18.5. The first kappa shape index (κ1) is 18.0. The van der Waals surface area contributed by atoms with E-state index in [4.69, 9.17) is 0 Å². The number of nitrogens with zero attached hydrogens (tertiary/aromatic N) is 2. The van der Waals surface area contributed by atoms with Crippen LogP contribution < -0.4 is 5.32 Å². The summed E-state index contributed by atoms with van der Waals surface area (Å²) in [6.45, 7) is 6.63. The van der Waals surface area contributed by atoms with Crippen LogP contribution in [0.2, 0.25) is 0 Å². The molecule has 136 valence electrons. The molecule has 0 aliphatic carbocycles. The Balaban J connectivity index is 1.63. The highest BCUT2D eigenvalue weighted by Crippen LogP contribution is 2.20. The van der Waals surface area contributed by atoms with Crippen LogP contribution in [0.15, 0.2) is 48.5 Å². The standard InChI is InChI=1S/C21H25N3O2/c1-3-23(4-2)20(25)17-9-11-19(12-10-17)22-21(26)24-14-13-16-7-5-6-8-18(16)15-24/h5-12H,3-4,13-15H2,1-2H3,(H,22,26). The van der Waals surface area contributed by atoms with Crippen LogP contribution in [-0.4, -0.2) is 41.4 Å². The summed E-state index contributed by atoms with van der Waals surface area (Å²) >= 11 is 0. The van der Waals surface area contributed by atoms with Crippen LogP contribution in [0, 0.1) is 0 Å². The molecule has 0 atom stereocenters. The molecular formula is C21H25N3O2. The number of hydrogen-bond acceptors (Lipinski definition) is 2. The van der Waals surface area contributed by atoms with Gasteiger partial charge in [0.1, 0.15) is 0 Å². The first-order valence-corrected chi connectivity index (χ1v) is 9.14. The van der Waals surface area contributed by atoms with Gasteiger partial charge >= 0.3 is 6.03 Å². The Labute approximate surface area is 154 Å². The number of fused-ring (bicyclic) bond motifs is 1. The summed E-state index contributed by atoms with van der Waals surface area (Å²) in [5.41, 5.74) is 3.86. The Bertz CT molecular complexity index is 782. The number of anilines is 1. The third-order valence-electron chi connectivity index (χ3n) is 4.85. The van der Waals surface area contributed by atoms with Crippen LogP contribution >= 0.6 is 0 Å². The molecule has 1 N–H and O–H groups in total. The fraction of sp³-hybridized carbons (Fsp3) is 0.333. The summed E-state index contributed by atoms with van der Waals surface area (Å²) in [5, 5.41) is 2.93. The Morgan fingerprint density at radius 1 is 1.00 bits per heavy atom. The second kappa shape index (κ2) is 8.04. The van der Waals surface area contributed by atoms with E-state index in [0.717, 1.165) is 6.42 Å². The third kappa shape index (κ3) is 3.87. The summed E-state index contributed by atoms with van der Waals surface area (Å²) < 4.78 is 0. The lowest BCUT2D eigenvalue weighted by Crippen LogP contribution is -2.38. The van der Waals surface area contributed by atoms with Crippen molar-refractivity contribution in [3.05, 3.63) is 65.2 Å². The second-order valence-electron chi connectivity index (χ2n) is 6.43. The molecule has 0 unspecified atom stereocenters. The highest BCUT2D eigenvalue weighted by molar-refractivity contribution is 5.95. The van der Waals surface area contributed by atoms with E-state index < -0.39 is 0 Å². The molecule has 5 heteroatoms. The molecule has 3 rings (SSSR count). The van der Waals surface area contributed by atoms with Gasteiger partial charge in [0, 0.05) is 37.4 Å². The number of hydrogen-bond donors (Lipinski definition) is 1. The largest absolute Gasteiger partial charge is 0.339 e. The number of carbonyl (C=O) groups is 2. The van der Waals surface area contributed by atoms with Crippen molar-refractivity contribution in [2.45, 2.75) is 26.8 Å². The van der Waals surface area contributed by atoms with Crippen molar-refractivity contribution >= 4 is 17.6 Å². The zero-order valence-electron chi connectivity index (χ0n) is 15.4. The number of nitrogens with one attached hydrogen (secondary N) is 1. The van der Waals surface area contributed by atoms with E-state index in [1.54, 1.807) is 29.2 Å². The van der Waals surface area contributed by atoms with Gasteiger partial charge in [0.05, 0.1) is 0 Å². The highest BCUT2D eigenvalue weighted by atomic mass is 16.2. The van der Waals surface area contributed by atoms with Gasteiger partial charge in [-0.15, -0.1) is 0 Å². The van der Waals surface area contributed by atoms with Crippen LogP contribution in [0.5, 0.6) is 0 Å². The quantitative estimate of drug-likeness (QED) is 0.912. The Morgan fingerprint density at radius 2 is 1.65 bits per heavy atom. The van der Waals surface area contributed by atoms with Gasteiger partial charge in [-0.3, -0.25) is 4.79 Å². The van der Waals surface area contributed by atoms with Crippen molar-refractivity contribution < 1.29 is 9.59 Å². The monoisotopic (exact) mass is 351 g/mol. The molecule has 26 heavy (non-hydrogen) atoms. The molecule has 0 saturated carbocycles. The summed E-state index contributed by atoms with van der Waals surface area (Å²) in [4.78, 5) is 28.5. The Hall–Kier alpha value is -2.82. The van der Waals surface area contributed by atoms with E-state index in [0.29, 0.717) is 37.4 Å². The third-order valence-corrected chi connectivity index (χ3v) is 4.85. The first-order valence-electron chi connectivity index (χ1n) is 9.14. The van der Waals surface area contributed by atoms with E-state index in [1.165, 1.54) is 11.1 Å². The lowest BCUT2D eigenvalue weighted by Gasteiger charge is -2.29. The van der Waals surface area contributed by atoms with Gasteiger partial charge < -0.3 is 15.1 Å². The summed E-state index contributed by atoms with van der Waals surface area (Å²) in [6.07, 6.45) is 0.876. The fourth-order valence-electron chi connectivity index (χ4n) is 3.26. The number of amides is 3. The molecule has 0 aromatic heterocycles. The van der Waals surface area contributed by atoms with E-state index in [1.807, 2.05) is 30.9 Å². The molecule has 2 aromatic rings. The van der Waals surface area contributed by atoms with E-state index >= 15 is 0 Å². The van der Waals surface area contributed by atoms with E-state index in [2.05, 4.69) is 17.4 Å². The SMILES string of the molecule is CCN(CC)C(=O)c1ccc(NC(=O)N2CCc3ccccc3C2)cc1. The fourth-order valence-corrected chi connectivity index (χ4v) is 3.26. The predicted molar refractivity (Wildman–Crippen MR) is 103 cm³/mol.